The molecule has 5 N–H and O–H groups in total. The first kappa shape index (κ1) is 19.1. The Morgan fingerprint density at radius 1 is 1.25 bits per heavy atom. The average Bonchev–Trinajstić information content (AvgIpc) is 3.17. The number of hydrogen-bond acceptors (Lipinski definition) is 5. The van der Waals surface area contributed by atoms with E-state index in [2.05, 4.69) is 10.1 Å². The molecule has 1 aromatic carbocycles. The smallest absolute Gasteiger partial charge is 0.180 e. The highest BCUT2D eigenvalue weighted by Crippen LogP contribution is 2.44. The van der Waals surface area contributed by atoms with Crippen LogP contribution in [0.2, 0.25) is 5.02 Å². The number of aliphatic hydroxyl groups is 3. The number of rotatable bonds is 3. The van der Waals surface area contributed by atoms with Crippen LogP contribution in [0.15, 0.2) is 40.4 Å². The third-order valence-electron chi connectivity index (χ3n) is 5.84. The van der Waals surface area contributed by atoms with Crippen molar-refractivity contribution in [2.75, 3.05) is 0 Å². The van der Waals surface area contributed by atoms with E-state index >= 15 is 0 Å². The molecule has 0 amide bonds. The molecule has 28 heavy (non-hydrogen) atoms. The second-order valence-corrected chi connectivity index (χ2v) is 7.87. The fraction of sp³-hybridized carbons (Fsp3) is 0.400. The summed E-state index contributed by atoms with van der Waals surface area (Å²) in [6.45, 7) is 1.94. The summed E-state index contributed by atoms with van der Waals surface area (Å²) in [5.41, 5.74) is 3.38. The summed E-state index contributed by atoms with van der Waals surface area (Å²) < 4.78 is 2.02. The van der Waals surface area contributed by atoms with Gasteiger partial charge in [0.25, 0.3) is 0 Å². The minimum atomic E-state index is -1.05. The predicted octanol–water partition coefficient (Wildman–Crippen LogP) is 1.71. The van der Waals surface area contributed by atoms with Crippen molar-refractivity contribution < 1.29 is 15.3 Å². The molecule has 2 aromatic rings. The first-order valence-corrected chi connectivity index (χ1v) is 9.61. The van der Waals surface area contributed by atoms with Gasteiger partial charge in [0.05, 0.1) is 18.2 Å². The molecule has 0 unspecified atom stereocenters. The minimum Gasteiger partial charge on any atom is -0.390 e. The van der Waals surface area contributed by atoms with E-state index in [9.17, 15) is 15.3 Å². The maximum atomic E-state index is 10.8. The van der Waals surface area contributed by atoms with Gasteiger partial charge in [-0.25, -0.2) is 4.99 Å². The molecule has 148 valence electrons. The molecule has 1 aromatic heterocycles. The van der Waals surface area contributed by atoms with Crippen LogP contribution in [-0.4, -0.2) is 44.1 Å². The second-order valence-electron chi connectivity index (χ2n) is 7.43. The van der Waals surface area contributed by atoms with Gasteiger partial charge in [-0.1, -0.05) is 23.7 Å². The fourth-order valence-electron chi connectivity index (χ4n) is 4.48. The normalized spacial score (nSPS) is 29.2. The van der Waals surface area contributed by atoms with E-state index in [1.165, 1.54) is 0 Å². The van der Waals surface area contributed by atoms with Gasteiger partial charge in [0.15, 0.2) is 5.84 Å². The van der Waals surface area contributed by atoms with Crippen molar-refractivity contribution in [1.82, 2.24) is 4.57 Å². The van der Waals surface area contributed by atoms with Crippen LogP contribution >= 0.6 is 11.6 Å². The Bertz CT molecular complexity index is 938. The van der Waals surface area contributed by atoms with Crippen LogP contribution in [0.3, 0.4) is 0 Å². The van der Waals surface area contributed by atoms with Gasteiger partial charge in [-0.05, 0) is 37.1 Å². The first-order chi connectivity index (χ1) is 13.4. The molecule has 1 aliphatic carbocycles. The van der Waals surface area contributed by atoms with Gasteiger partial charge in [0.2, 0.25) is 0 Å². The fourth-order valence-corrected chi connectivity index (χ4v) is 4.60. The Morgan fingerprint density at radius 2 is 1.96 bits per heavy atom. The number of nitrogens with two attached hydrogens (primary N) is 1. The Kier molecular flexibility index (Phi) is 5.01. The van der Waals surface area contributed by atoms with Crippen LogP contribution in [0.4, 0.5) is 0 Å². The van der Waals surface area contributed by atoms with E-state index in [0.717, 1.165) is 17.0 Å². The maximum absolute atomic E-state index is 10.8. The molecule has 0 radical (unpaired) electrons. The Morgan fingerprint density at radius 3 is 2.64 bits per heavy atom. The topological polar surface area (TPSA) is 116 Å². The van der Waals surface area contributed by atoms with Gasteiger partial charge in [-0.3, -0.25) is 0 Å². The lowest BCUT2D eigenvalue weighted by Crippen LogP contribution is -2.32. The summed E-state index contributed by atoms with van der Waals surface area (Å²) in [4.78, 5) is 4.22. The van der Waals surface area contributed by atoms with Crippen LogP contribution in [0, 0.1) is 12.8 Å². The van der Waals surface area contributed by atoms with Crippen LogP contribution in [-0.2, 0) is 6.42 Å². The molecule has 2 aliphatic rings. The van der Waals surface area contributed by atoms with Crippen LogP contribution in [0.25, 0.3) is 0 Å². The van der Waals surface area contributed by atoms with Gasteiger partial charge in [-0.15, -0.1) is 0 Å². The number of hydrazone groups is 1. The number of benzene rings is 1. The Balaban J connectivity index is 1.66. The van der Waals surface area contributed by atoms with Gasteiger partial charge >= 0.3 is 0 Å². The van der Waals surface area contributed by atoms with Crippen molar-refractivity contribution in [3.05, 3.63) is 57.9 Å². The molecule has 4 rings (SSSR count). The molecule has 8 heteroatoms. The van der Waals surface area contributed by atoms with Crippen molar-refractivity contribution in [3.8, 4) is 0 Å². The molecule has 5 atom stereocenters. The van der Waals surface area contributed by atoms with Gasteiger partial charge in [0.1, 0.15) is 6.10 Å². The summed E-state index contributed by atoms with van der Waals surface area (Å²) in [5, 5.41) is 36.6. The van der Waals surface area contributed by atoms with Crippen molar-refractivity contribution in [2.45, 2.75) is 44.1 Å². The molecule has 1 aliphatic heterocycles. The second kappa shape index (κ2) is 7.33. The van der Waals surface area contributed by atoms with Gasteiger partial charge in [-0.2, -0.15) is 5.10 Å². The molecule has 1 fully saturated rings. The zero-order valence-electron chi connectivity index (χ0n) is 15.4. The van der Waals surface area contributed by atoms with Crippen molar-refractivity contribution in [3.63, 3.8) is 0 Å². The van der Waals surface area contributed by atoms with Crippen molar-refractivity contribution in [2.24, 2.45) is 21.9 Å². The molecule has 2 heterocycles. The summed E-state index contributed by atoms with van der Waals surface area (Å²) in [7, 11) is 0. The largest absolute Gasteiger partial charge is 0.390 e. The highest BCUT2D eigenvalue weighted by Gasteiger charge is 2.46. The van der Waals surface area contributed by atoms with Gasteiger partial charge in [0, 0.05) is 40.5 Å². The molecule has 0 spiro atoms. The lowest BCUT2D eigenvalue weighted by molar-refractivity contribution is -0.0268. The number of fused-ring (bicyclic) bond motifs is 1. The van der Waals surface area contributed by atoms with Crippen LogP contribution < -0.4 is 5.84 Å². The average molecular weight is 403 g/mol. The summed E-state index contributed by atoms with van der Waals surface area (Å²) in [6, 6.07) is 8.46. The zero-order chi connectivity index (χ0) is 20.0. The van der Waals surface area contributed by atoms with Crippen molar-refractivity contribution >= 4 is 23.7 Å². The molecule has 7 nitrogen and oxygen atoms in total. The summed E-state index contributed by atoms with van der Waals surface area (Å²) in [5.74, 6) is 5.40. The zero-order valence-corrected chi connectivity index (χ0v) is 16.2. The lowest BCUT2D eigenvalue weighted by Gasteiger charge is -2.23. The number of nitrogens with zero attached hydrogens (tertiary/aromatic N) is 3. The highest BCUT2D eigenvalue weighted by atomic mass is 35.5. The Labute approximate surface area is 167 Å². The molecular formula is C20H23ClN4O3. The highest BCUT2D eigenvalue weighted by molar-refractivity contribution is 6.30. The maximum Gasteiger partial charge on any atom is 0.180 e. The number of aliphatic hydroxyl groups excluding tert-OH is 3. The number of aliphatic imine (C=N–C) groups is 1. The SMILES string of the molecule is Cc1cc2c(n1[C@@H]1C[C@H]([C@H](O)c3ccc(Cl)cc3)[C@@H](O)[C@H]1O)CC=N/C2=N/N. The molecule has 0 saturated heterocycles. The monoisotopic (exact) mass is 402 g/mol. The molecule has 1 saturated carbocycles. The minimum absolute atomic E-state index is 0.365. The summed E-state index contributed by atoms with van der Waals surface area (Å²) in [6.07, 6.45) is -0.192. The first-order valence-electron chi connectivity index (χ1n) is 9.23. The Hall–Kier alpha value is -2.19. The van der Waals surface area contributed by atoms with E-state index in [4.69, 9.17) is 17.4 Å². The number of aryl methyl sites for hydroxylation is 1. The lowest BCUT2D eigenvalue weighted by atomic mass is 9.92. The van der Waals surface area contributed by atoms with Gasteiger partial charge < -0.3 is 25.7 Å². The van der Waals surface area contributed by atoms with E-state index in [-0.39, 0.29) is 6.04 Å². The van der Waals surface area contributed by atoms with E-state index in [0.29, 0.717) is 29.3 Å². The number of hydrogen-bond donors (Lipinski definition) is 4. The standard InChI is InChI=1S/C20H23ClN4O3/c1-10-8-13-15(6-7-23-20(13)24-22)25(10)16-9-14(18(27)19(16)28)17(26)11-2-4-12(21)5-3-11/h2-5,7-8,14,16-19,26-28H,6,9,22H2,1H3/b24-20+/t14-,16-,17-,18-,19+/m1/s1. The van der Waals surface area contributed by atoms with Crippen molar-refractivity contribution in [1.29, 1.82) is 0 Å². The molecule has 0 bridgehead atoms. The van der Waals surface area contributed by atoms with E-state index in [1.54, 1.807) is 30.5 Å². The third kappa shape index (κ3) is 3.04. The third-order valence-corrected chi connectivity index (χ3v) is 6.09. The van der Waals surface area contributed by atoms with E-state index in [1.807, 2.05) is 17.6 Å². The number of aromatic nitrogens is 1. The van der Waals surface area contributed by atoms with E-state index < -0.39 is 24.2 Å². The van der Waals surface area contributed by atoms with Crippen LogP contribution in [0.1, 0.15) is 41.1 Å². The summed E-state index contributed by atoms with van der Waals surface area (Å²) >= 11 is 5.92. The number of amidine groups is 1. The van der Waals surface area contributed by atoms with Crippen LogP contribution in [0.5, 0.6) is 0 Å². The number of halogens is 1. The predicted molar refractivity (Wildman–Crippen MR) is 108 cm³/mol. The molecular weight excluding hydrogens is 380 g/mol. The quantitative estimate of drug-likeness (QED) is 0.462.